The third kappa shape index (κ3) is 4.33. The number of carbonyl (C=O) groups excluding carboxylic acids is 1. The molecular formula is C9H12F3N3O. The van der Waals surface area contributed by atoms with Crippen LogP contribution in [0.15, 0.2) is 6.07 Å². The quantitative estimate of drug-likeness (QED) is 0.840. The number of amides is 1. The van der Waals surface area contributed by atoms with E-state index >= 15 is 0 Å². The van der Waals surface area contributed by atoms with E-state index in [0.29, 0.717) is 0 Å². The summed E-state index contributed by atoms with van der Waals surface area (Å²) in [7, 11) is 0. The molecule has 0 aliphatic carbocycles. The van der Waals surface area contributed by atoms with Gasteiger partial charge in [0.05, 0.1) is 0 Å². The smallest absolute Gasteiger partial charge is 0.309 e. The average molecular weight is 235 g/mol. The van der Waals surface area contributed by atoms with Gasteiger partial charge in [-0.25, -0.2) is 0 Å². The number of aromatic amines is 1. The zero-order valence-corrected chi connectivity index (χ0v) is 8.69. The maximum atomic E-state index is 11.8. The lowest BCUT2D eigenvalue weighted by molar-refractivity contribution is -0.150. The van der Waals surface area contributed by atoms with E-state index in [9.17, 15) is 18.0 Å². The highest BCUT2D eigenvalue weighted by molar-refractivity contribution is 5.90. The van der Waals surface area contributed by atoms with Crippen molar-refractivity contribution in [1.82, 2.24) is 10.2 Å². The summed E-state index contributed by atoms with van der Waals surface area (Å²) < 4.78 is 35.5. The van der Waals surface area contributed by atoms with E-state index in [4.69, 9.17) is 0 Å². The number of anilines is 1. The first kappa shape index (κ1) is 12.5. The summed E-state index contributed by atoms with van der Waals surface area (Å²) in [6, 6.07) is 1.53. The molecule has 0 atom stereocenters. The fourth-order valence-electron chi connectivity index (χ4n) is 1.19. The minimum Gasteiger partial charge on any atom is -0.309 e. The van der Waals surface area contributed by atoms with Crippen LogP contribution in [0, 0.1) is 0 Å². The fraction of sp³-hybridized carbons (Fsp3) is 0.556. The number of aromatic nitrogens is 2. The first-order chi connectivity index (χ1) is 7.40. The number of halogens is 3. The predicted octanol–water partition coefficient (Wildman–Crippen LogP) is 2.25. The number of alkyl halides is 3. The molecule has 0 spiro atoms. The Kier molecular flexibility index (Phi) is 3.92. The fourth-order valence-corrected chi connectivity index (χ4v) is 1.19. The molecule has 0 aromatic carbocycles. The minimum absolute atomic E-state index is 0.123. The first-order valence-corrected chi connectivity index (χ1v) is 4.81. The van der Waals surface area contributed by atoms with Gasteiger partial charge in [0, 0.05) is 11.8 Å². The third-order valence-electron chi connectivity index (χ3n) is 1.78. The summed E-state index contributed by atoms with van der Waals surface area (Å²) in [6.07, 6.45) is -4.37. The van der Waals surface area contributed by atoms with Crippen LogP contribution >= 0.6 is 0 Å². The second-order valence-electron chi connectivity index (χ2n) is 3.37. The zero-order chi connectivity index (χ0) is 12.2. The Morgan fingerprint density at radius 3 is 2.81 bits per heavy atom. The molecule has 7 heteroatoms. The maximum Gasteiger partial charge on any atom is 0.397 e. The Labute approximate surface area is 90.2 Å². The number of aryl methyl sites for hydroxylation is 1. The molecule has 0 saturated carbocycles. The minimum atomic E-state index is -4.49. The van der Waals surface area contributed by atoms with Gasteiger partial charge in [-0.2, -0.15) is 18.3 Å². The zero-order valence-electron chi connectivity index (χ0n) is 8.69. The van der Waals surface area contributed by atoms with Gasteiger partial charge >= 0.3 is 6.18 Å². The van der Waals surface area contributed by atoms with E-state index in [0.717, 1.165) is 18.5 Å². The van der Waals surface area contributed by atoms with Crippen molar-refractivity contribution >= 4 is 11.7 Å². The van der Waals surface area contributed by atoms with Crippen molar-refractivity contribution in [2.45, 2.75) is 32.4 Å². The van der Waals surface area contributed by atoms with Crippen molar-refractivity contribution in [3.63, 3.8) is 0 Å². The molecule has 0 aliphatic heterocycles. The van der Waals surface area contributed by atoms with Crippen LogP contribution < -0.4 is 5.32 Å². The molecular weight excluding hydrogens is 223 g/mol. The van der Waals surface area contributed by atoms with Gasteiger partial charge in [-0.3, -0.25) is 9.89 Å². The summed E-state index contributed by atoms with van der Waals surface area (Å²) >= 11 is 0. The summed E-state index contributed by atoms with van der Waals surface area (Å²) in [5, 5.41) is 8.39. The summed E-state index contributed by atoms with van der Waals surface area (Å²) in [5.41, 5.74) is 0.782. The number of H-pyrrole nitrogens is 1. The molecule has 0 fully saturated rings. The molecule has 0 radical (unpaired) electrons. The molecule has 1 aromatic heterocycles. The number of carbonyl (C=O) groups is 1. The molecule has 16 heavy (non-hydrogen) atoms. The van der Waals surface area contributed by atoms with E-state index in [1.165, 1.54) is 6.07 Å². The van der Waals surface area contributed by atoms with Gasteiger partial charge in [-0.05, 0) is 6.42 Å². The van der Waals surface area contributed by atoms with Crippen LogP contribution in [0.1, 0.15) is 25.5 Å². The average Bonchev–Trinajstić information content (AvgIpc) is 2.49. The summed E-state index contributed by atoms with van der Waals surface area (Å²) in [4.78, 5) is 10.9. The highest BCUT2D eigenvalue weighted by Gasteiger charge is 2.31. The van der Waals surface area contributed by atoms with Gasteiger partial charge < -0.3 is 5.32 Å². The van der Waals surface area contributed by atoms with Gasteiger partial charge in [0.1, 0.15) is 6.42 Å². The number of hydrogen-bond donors (Lipinski definition) is 2. The largest absolute Gasteiger partial charge is 0.397 e. The van der Waals surface area contributed by atoms with E-state index < -0.39 is 18.5 Å². The lowest BCUT2D eigenvalue weighted by atomic mass is 10.2. The van der Waals surface area contributed by atoms with E-state index in [1.54, 1.807) is 0 Å². The highest BCUT2D eigenvalue weighted by atomic mass is 19.4. The van der Waals surface area contributed by atoms with Crippen LogP contribution in [0.2, 0.25) is 0 Å². The van der Waals surface area contributed by atoms with Crippen LogP contribution in [0.25, 0.3) is 0 Å². The number of rotatable bonds is 4. The predicted molar refractivity (Wildman–Crippen MR) is 51.9 cm³/mol. The molecule has 0 unspecified atom stereocenters. The van der Waals surface area contributed by atoms with Gasteiger partial charge in [0.25, 0.3) is 0 Å². The van der Waals surface area contributed by atoms with Crippen molar-refractivity contribution in [2.24, 2.45) is 0 Å². The molecule has 1 aromatic rings. The number of nitrogens with one attached hydrogen (secondary N) is 2. The summed E-state index contributed by atoms with van der Waals surface area (Å²) in [5.74, 6) is -0.986. The van der Waals surface area contributed by atoms with E-state index in [1.807, 2.05) is 6.92 Å². The second-order valence-corrected chi connectivity index (χ2v) is 3.37. The van der Waals surface area contributed by atoms with E-state index in [2.05, 4.69) is 15.5 Å². The lowest BCUT2D eigenvalue weighted by Gasteiger charge is -2.04. The first-order valence-electron chi connectivity index (χ1n) is 4.81. The van der Waals surface area contributed by atoms with Crippen LogP contribution in [-0.2, 0) is 11.2 Å². The van der Waals surface area contributed by atoms with Crippen molar-refractivity contribution in [1.29, 1.82) is 0 Å². The normalized spacial score (nSPS) is 11.5. The second kappa shape index (κ2) is 5.00. The highest BCUT2D eigenvalue weighted by Crippen LogP contribution is 2.20. The molecule has 90 valence electrons. The topological polar surface area (TPSA) is 57.8 Å². The molecule has 0 aliphatic rings. The summed E-state index contributed by atoms with van der Waals surface area (Å²) in [6.45, 7) is 1.96. The third-order valence-corrected chi connectivity index (χ3v) is 1.78. The Morgan fingerprint density at radius 2 is 2.25 bits per heavy atom. The SMILES string of the molecule is CCCc1cc(NC(=O)CC(F)(F)F)n[nH]1. The van der Waals surface area contributed by atoms with Crippen LogP contribution in [0.3, 0.4) is 0 Å². The molecule has 1 rings (SSSR count). The Hall–Kier alpha value is -1.53. The molecule has 0 saturated heterocycles. The molecule has 0 bridgehead atoms. The maximum absolute atomic E-state index is 11.8. The molecule has 1 heterocycles. The molecule has 1 amide bonds. The van der Waals surface area contributed by atoms with Crippen molar-refractivity contribution < 1.29 is 18.0 Å². The Bertz CT molecular complexity index is 359. The van der Waals surface area contributed by atoms with Gasteiger partial charge in [-0.1, -0.05) is 13.3 Å². The monoisotopic (exact) mass is 235 g/mol. The van der Waals surface area contributed by atoms with Crippen LogP contribution in [0.5, 0.6) is 0 Å². The van der Waals surface area contributed by atoms with E-state index in [-0.39, 0.29) is 5.82 Å². The van der Waals surface area contributed by atoms with Crippen LogP contribution in [-0.4, -0.2) is 22.3 Å². The van der Waals surface area contributed by atoms with Crippen molar-refractivity contribution in [2.75, 3.05) is 5.32 Å². The van der Waals surface area contributed by atoms with Gasteiger partial charge in [-0.15, -0.1) is 0 Å². The van der Waals surface area contributed by atoms with Crippen molar-refractivity contribution in [3.05, 3.63) is 11.8 Å². The lowest BCUT2D eigenvalue weighted by Crippen LogP contribution is -2.21. The molecule has 2 N–H and O–H groups in total. The Balaban J connectivity index is 2.50. The number of hydrogen-bond acceptors (Lipinski definition) is 2. The van der Waals surface area contributed by atoms with Crippen molar-refractivity contribution in [3.8, 4) is 0 Å². The molecule has 4 nitrogen and oxygen atoms in total. The Morgan fingerprint density at radius 1 is 1.56 bits per heavy atom. The van der Waals surface area contributed by atoms with Gasteiger partial charge in [0.15, 0.2) is 5.82 Å². The van der Waals surface area contributed by atoms with Gasteiger partial charge in [0.2, 0.25) is 5.91 Å². The number of nitrogens with zero attached hydrogens (tertiary/aromatic N) is 1. The van der Waals surface area contributed by atoms with Crippen LogP contribution in [0.4, 0.5) is 19.0 Å². The standard InChI is InChI=1S/C9H12F3N3O/c1-2-3-6-4-7(15-14-6)13-8(16)5-9(10,11)12/h4H,2-3,5H2,1H3,(H2,13,14,15,16).